The minimum atomic E-state index is -0.364. The van der Waals surface area contributed by atoms with E-state index >= 15 is 0 Å². The van der Waals surface area contributed by atoms with E-state index in [2.05, 4.69) is 40.2 Å². The van der Waals surface area contributed by atoms with Crippen LogP contribution in [0.2, 0.25) is 0 Å². The number of amides is 3. The number of aryl methyl sites for hydroxylation is 1. The van der Waals surface area contributed by atoms with Gasteiger partial charge in [-0.2, -0.15) is 0 Å². The number of carbonyl (C=O) groups is 2. The molecule has 0 saturated carbocycles. The van der Waals surface area contributed by atoms with Gasteiger partial charge >= 0.3 is 6.03 Å². The van der Waals surface area contributed by atoms with Crippen LogP contribution in [0.3, 0.4) is 0 Å². The summed E-state index contributed by atoms with van der Waals surface area (Å²) in [6, 6.07) is 16.3. The number of carbonyl (C=O) groups excluding carboxylic acids is 2. The van der Waals surface area contributed by atoms with Crippen LogP contribution in [-0.4, -0.2) is 28.0 Å². The Labute approximate surface area is 157 Å². The molecule has 3 amide bonds. The molecule has 1 aliphatic rings. The predicted molar refractivity (Wildman–Crippen MR) is 107 cm³/mol. The molecule has 0 unspecified atom stereocenters. The molecule has 4 rings (SSSR count). The highest BCUT2D eigenvalue weighted by molar-refractivity contribution is 6.14. The summed E-state index contributed by atoms with van der Waals surface area (Å²) >= 11 is 0. The maximum Gasteiger partial charge on any atom is 0.328 e. The SMILES string of the molecule is CCN1C(=O)N/C(=C/c2cc(C)n(-c3ccc4ccccc4c3)c2C)C1=O. The predicted octanol–water partition coefficient (Wildman–Crippen LogP) is 4.16. The monoisotopic (exact) mass is 359 g/mol. The van der Waals surface area contributed by atoms with E-state index in [0.717, 1.165) is 22.6 Å². The number of benzene rings is 2. The minimum absolute atomic E-state index is 0.280. The van der Waals surface area contributed by atoms with Crippen molar-refractivity contribution in [3.63, 3.8) is 0 Å². The lowest BCUT2D eigenvalue weighted by molar-refractivity contribution is -0.122. The third-order valence-corrected chi connectivity index (χ3v) is 5.04. The minimum Gasteiger partial charge on any atom is -0.318 e. The van der Waals surface area contributed by atoms with E-state index in [4.69, 9.17) is 0 Å². The van der Waals surface area contributed by atoms with Gasteiger partial charge in [-0.05, 0) is 61.4 Å². The number of rotatable bonds is 3. The Kier molecular flexibility index (Phi) is 4.07. The van der Waals surface area contributed by atoms with Crippen LogP contribution in [0.1, 0.15) is 23.9 Å². The number of nitrogens with one attached hydrogen (secondary N) is 1. The van der Waals surface area contributed by atoms with E-state index in [-0.39, 0.29) is 11.9 Å². The Balaban J connectivity index is 1.77. The zero-order chi connectivity index (χ0) is 19.1. The molecule has 1 aromatic heterocycles. The summed E-state index contributed by atoms with van der Waals surface area (Å²) < 4.78 is 2.16. The molecule has 0 spiro atoms. The lowest BCUT2D eigenvalue weighted by atomic mass is 10.1. The van der Waals surface area contributed by atoms with Crippen LogP contribution >= 0.6 is 0 Å². The zero-order valence-corrected chi connectivity index (χ0v) is 15.6. The molecule has 5 nitrogen and oxygen atoms in total. The van der Waals surface area contributed by atoms with Crippen molar-refractivity contribution < 1.29 is 9.59 Å². The summed E-state index contributed by atoms with van der Waals surface area (Å²) in [5, 5.41) is 5.04. The van der Waals surface area contributed by atoms with Crippen LogP contribution in [0.4, 0.5) is 4.79 Å². The zero-order valence-electron chi connectivity index (χ0n) is 15.6. The molecule has 1 saturated heterocycles. The largest absolute Gasteiger partial charge is 0.328 e. The summed E-state index contributed by atoms with van der Waals surface area (Å²) in [5.74, 6) is -0.280. The van der Waals surface area contributed by atoms with Crippen molar-refractivity contribution in [2.75, 3.05) is 6.54 Å². The third-order valence-electron chi connectivity index (χ3n) is 5.04. The molecular formula is C22H21N3O2. The van der Waals surface area contributed by atoms with Crippen LogP contribution in [-0.2, 0) is 4.79 Å². The number of hydrogen-bond donors (Lipinski definition) is 1. The highest BCUT2D eigenvalue weighted by atomic mass is 16.2. The van der Waals surface area contributed by atoms with E-state index in [9.17, 15) is 9.59 Å². The molecule has 0 bridgehead atoms. The molecule has 0 aliphatic carbocycles. The molecule has 1 fully saturated rings. The van der Waals surface area contributed by atoms with Gasteiger partial charge in [0.05, 0.1) is 0 Å². The van der Waals surface area contributed by atoms with E-state index in [0.29, 0.717) is 12.2 Å². The van der Waals surface area contributed by atoms with Crippen LogP contribution < -0.4 is 5.32 Å². The fraction of sp³-hybridized carbons (Fsp3) is 0.182. The van der Waals surface area contributed by atoms with Gasteiger partial charge in [-0.1, -0.05) is 30.3 Å². The molecule has 5 heteroatoms. The van der Waals surface area contributed by atoms with Crippen molar-refractivity contribution in [3.8, 4) is 5.69 Å². The fourth-order valence-electron chi connectivity index (χ4n) is 3.66. The van der Waals surface area contributed by atoms with Crippen LogP contribution in [0, 0.1) is 13.8 Å². The first-order chi connectivity index (χ1) is 13.0. The van der Waals surface area contributed by atoms with Gasteiger partial charge in [-0.25, -0.2) is 4.79 Å². The molecule has 3 aromatic rings. The van der Waals surface area contributed by atoms with Gasteiger partial charge in [0.1, 0.15) is 5.70 Å². The van der Waals surface area contributed by atoms with Gasteiger partial charge in [0, 0.05) is 23.6 Å². The number of hydrogen-bond acceptors (Lipinski definition) is 2. The number of fused-ring (bicyclic) bond motifs is 1. The van der Waals surface area contributed by atoms with Gasteiger partial charge < -0.3 is 9.88 Å². The Bertz CT molecular complexity index is 1110. The summed E-state index contributed by atoms with van der Waals surface area (Å²) in [6.45, 7) is 6.20. The summed E-state index contributed by atoms with van der Waals surface area (Å²) in [7, 11) is 0. The summed E-state index contributed by atoms with van der Waals surface area (Å²) in [5.41, 5.74) is 4.40. The number of nitrogens with zero attached hydrogens (tertiary/aromatic N) is 2. The Hall–Kier alpha value is -3.34. The van der Waals surface area contributed by atoms with E-state index in [1.165, 1.54) is 15.7 Å². The van der Waals surface area contributed by atoms with Gasteiger partial charge in [0.15, 0.2) is 0 Å². The second kappa shape index (κ2) is 6.43. The maximum absolute atomic E-state index is 12.3. The lowest BCUT2D eigenvalue weighted by Crippen LogP contribution is -2.30. The van der Waals surface area contributed by atoms with Crippen molar-refractivity contribution in [1.82, 2.24) is 14.8 Å². The molecule has 136 valence electrons. The Morgan fingerprint density at radius 3 is 2.44 bits per heavy atom. The number of likely N-dealkylation sites (N-methyl/N-ethyl adjacent to an activating group) is 1. The van der Waals surface area contributed by atoms with Gasteiger partial charge in [-0.15, -0.1) is 0 Å². The number of urea groups is 1. The standard InChI is InChI=1S/C22H21N3O2/c1-4-24-21(26)20(23-22(24)27)13-18-11-14(2)25(15(18)3)19-10-9-16-7-5-6-8-17(16)12-19/h5-13H,4H2,1-3H3,(H,23,27)/b20-13+. The first-order valence-corrected chi connectivity index (χ1v) is 9.02. The van der Waals surface area contributed by atoms with Crippen molar-refractivity contribution in [1.29, 1.82) is 0 Å². The summed E-state index contributed by atoms with van der Waals surface area (Å²) in [6.07, 6.45) is 1.76. The normalized spacial score (nSPS) is 15.8. The third kappa shape index (κ3) is 2.81. The Morgan fingerprint density at radius 2 is 1.74 bits per heavy atom. The highest BCUT2D eigenvalue weighted by Gasteiger charge is 2.32. The molecule has 0 atom stereocenters. The van der Waals surface area contributed by atoms with Gasteiger partial charge in [-0.3, -0.25) is 9.69 Å². The van der Waals surface area contributed by atoms with Crippen LogP contribution in [0.15, 0.2) is 54.2 Å². The van der Waals surface area contributed by atoms with E-state index in [1.807, 2.05) is 32.0 Å². The van der Waals surface area contributed by atoms with Gasteiger partial charge in [0.2, 0.25) is 0 Å². The number of imide groups is 1. The van der Waals surface area contributed by atoms with E-state index in [1.54, 1.807) is 13.0 Å². The molecule has 0 radical (unpaired) electrons. The first kappa shape index (κ1) is 17.1. The average molecular weight is 359 g/mol. The quantitative estimate of drug-likeness (QED) is 0.564. The molecule has 2 aromatic carbocycles. The van der Waals surface area contributed by atoms with E-state index < -0.39 is 0 Å². The average Bonchev–Trinajstić information content (AvgIpc) is 3.09. The Morgan fingerprint density at radius 1 is 1.00 bits per heavy atom. The molecule has 1 aliphatic heterocycles. The molecule has 27 heavy (non-hydrogen) atoms. The maximum atomic E-state index is 12.3. The smallest absolute Gasteiger partial charge is 0.318 e. The second-order valence-corrected chi connectivity index (χ2v) is 6.73. The van der Waals surface area contributed by atoms with Crippen molar-refractivity contribution in [2.45, 2.75) is 20.8 Å². The summed E-state index contributed by atoms with van der Waals surface area (Å²) in [4.78, 5) is 25.4. The fourth-order valence-corrected chi connectivity index (χ4v) is 3.66. The van der Waals surface area contributed by atoms with Crippen molar-refractivity contribution in [3.05, 3.63) is 71.2 Å². The van der Waals surface area contributed by atoms with Crippen LogP contribution in [0.5, 0.6) is 0 Å². The van der Waals surface area contributed by atoms with Crippen molar-refractivity contribution >= 4 is 28.8 Å². The number of aromatic nitrogens is 1. The first-order valence-electron chi connectivity index (χ1n) is 9.02. The van der Waals surface area contributed by atoms with Crippen LogP contribution in [0.25, 0.3) is 22.5 Å². The topological polar surface area (TPSA) is 54.3 Å². The lowest BCUT2D eigenvalue weighted by Gasteiger charge is -2.11. The molecular weight excluding hydrogens is 338 g/mol. The second-order valence-electron chi connectivity index (χ2n) is 6.73. The molecule has 2 heterocycles. The highest BCUT2D eigenvalue weighted by Crippen LogP contribution is 2.26. The molecule has 1 N–H and O–H groups in total. The van der Waals surface area contributed by atoms with Gasteiger partial charge in [0.25, 0.3) is 5.91 Å². The van der Waals surface area contributed by atoms with Crippen molar-refractivity contribution in [2.24, 2.45) is 0 Å².